The monoisotopic (exact) mass is 258 g/mol. The topological polar surface area (TPSA) is 29.3 Å². The highest BCUT2D eigenvalue weighted by molar-refractivity contribution is 5.48. The van der Waals surface area contributed by atoms with Gasteiger partial charge in [-0.05, 0) is 31.7 Å². The van der Waals surface area contributed by atoms with E-state index in [1.165, 1.54) is 11.6 Å². The number of hydrogen-bond donors (Lipinski definition) is 1. The first-order valence-electron chi connectivity index (χ1n) is 6.33. The number of nitrogens with zero attached hydrogens (tertiary/aromatic N) is 1. The van der Waals surface area contributed by atoms with E-state index in [1.54, 1.807) is 6.07 Å². The number of rotatable bonds is 4. The van der Waals surface area contributed by atoms with Gasteiger partial charge >= 0.3 is 0 Å². The highest BCUT2D eigenvalue weighted by Crippen LogP contribution is 2.17. The zero-order valence-corrected chi connectivity index (χ0v) is 11.4. The van der Waals surface area contributed by atoms with Crippen LogP contribution in [0.15, 0.2) is 42.5 Å². The Morgan fingerprint density at radius 1 is 1.05 bits per heavy atom. The van der Waals surface area contributed by atoms with E-state index in [2.05, 4.69) is 11.0 Å². The predicted molar refractivity (Wildman–Crippen MR) is 77.2 cm³/mol. The lowest BCUT2D eigenvalue weighted by atomic mass is 10.1. The summed E-state index contributed by atoms with van der Waals surface area (Å²) in [6, 6.07) is 12.9. The zero-order valence-electron chi connectivity index (χ0n) is 11.4. The fraction of sp³-hybridized carbons (Fsp3) is 0.250. The van der Waals surface area contributed by atoms with Crippen molar-refractivity contribution in [3.63, 3.8) is 0 Å². The number of hydrogen-bond acceptors (Lipinski definition) is 2. The maximum Gasteiger partial charge on any atom is 0.127 e. The minimum atomic E-state index is -0.161. The average molecular weight is 258 g/mol. The van der Waals surface area contributed by atoms with E-state index in [9.17, 15) is 4.39 Å². The minimum Gasteiger partial charge on any atom is -0.398 e. The molecular weight excluding hydrogens is 239 g/mol. The quantitative estimate of drug-likeness (QED) is 0.852. The van der Waals surface area contributed by atoms with Crippen molar-refractivity contribution >= 4 is 5.69 Å². The smallest absolute Gasteiger partial charge is 0.127 e. The fourth-order valence-electron chi connectivity index (χ4n) is 2.14. The van der Waals surface area contributed by atoms with E-state index < -0.39 is 0 Å². The van der Waals surface area contributed by atoms with Crippen LogP contribution in [-0.2, 0) is 13.1 Å². The first-order chi connectivity index (χ1) is 9.06. The van der Waals surface area contributed by atoms with Gasteiger partial charge in [0.25, 0.3) is 0 Å². The molecule has 2 aromatic carbocycles. The Morgan fingerprint density at radius 3 is 2.47 bits per heavy atom. The number of benzene rings is 2. The Labute approximate surface area is 113 Å². The van der Waals surface area contributed by atoms with Gasteiger partial charge in [0.2, 0.25) is 0 Å². The summed E-state index contributed by atoms with van der Waals surface area (Å²) in [7, 11) is 1.97. The summed E-state index contributed by atoms with van der Waals surface area (Å²) in [6.07, 6.45) is 0. The van der Waals surface area contributed by atoms with Gasteiger partial charge in [0.1, 0.15) is 5.82 Å². The van der Waals surface area contributed by atoms with Crippen molar-refractivity contribution in [2.45, 2.75) is 20.0 Å². The molecule has 0 aliphatic heterocycles. The summed E-state index contributed by atoms with van der Waals surface area (Å²) in [5.41, 5.74) is 9.71. The predicted octanol–water partition coefficient (Wildman–Crippen LogP) is 3.35. The molecule has 100 valence electrons. The molecule has 2 rings (SSSR count). The Hall–Kier alpha value is -1.87. The molecule has 3 heteroatoms. The molecule has 0 unspecified atom stereocenters. The molecule has 0 atom stereocenters. The summed E-state index contributed by atoms with van der Waals surface area (Å²) in [6.45, 7) is 3.32. The Morgan fingerprint density at radius 2 is 1.74 bits per heavy atom. The molecule has 0 saturated carbocycles. The first kappa shape index (κ1) is 13.6. The lowest BCUT2D eigenvalue weighted by Gasteiger charge is -2.18. The maximum absolute atomic E-state index is 13.6. The van der Waals surface area contributed by atoms with Crippen LogP contribution in [0.4, 0.5) is 10.1 Å². The fourth-order valence-corrected chi connectivity index (χ4v) is 2.14. The molecule has 0 saturated heterocycles. The molecular formula is C16H19FN2. The number of aryl methyl sites for hydroxylation is 1. The van der Waals surface area contributed by atoms with E-state index in [0.29, 0.717) is 18.7 Å². The largest absolute Gasteiger partial charge is 0.398 e. The van der Waals surface area contributed by atoms with Gasteiger partial charge in [0.15, 0.2) is 0 Å². The maximum atomic E-state index is 13.6. The van der Waals surface area contributed by atoms with E-state index in [-0.39, 0.29) is 5.82 Å². The second-order valence-electron chi connectivity index (χ2n) is 4.97. The SMILES string of the molecule is Cc1ccc(N)c(CN(C)Cc2ccccc2F)c1. The molecule has 0 aliphatic rings. The van der Waals surface area contributed by atoms with Crippen LogP contribution >= 0.6 is 0 Å². The summed E-state index contributed by atoms with van der Waals surface area (Å²) >= 11 is 0. The second-order valence-corrected chi connectivity index (χ2v) is 4.97. The highest BCUT2D eigenvalue weighted by atomic mass is 19.1. The van der Waals surface area contributed by atoms with Crippen LogP contribution in [0.1, 0.15) is 16.7 Å². The lowest BCUT2D eigenvalue weighted by molar-refractivity contribution is 0.314. The zero-order chi connectivity index (χ0) is 13.8. The third kappa shape index (κ3) is 3.55. The van der Waals surface area contributed by atoms with E-state index in [0.717, 1.165) is 11.3 Å². The van der Waals surface area contributed by atoms with Gasteiger partial charge < -0.3 is 5.73 Å². The van der Waals surface area contributed by atoms with Gasteiger partial charge in [-0.3, -0.25) is 4.90 Å². The lowest BCUT2D eigenvalue weighted by Crippen LogP contribution is -2.18. The van der Waals surface area contributed by atoms with Crippen molar-refractivity contribution in [1.82, 2.24) is 4.90 Å². The third-order valence-corrected chi connectivity index (χ3v) is 3.14. The number of halogens is 1. The Kier molecular flexibility index (Phi) is 4.17. The van der Waals surface area contributed by atoms with Gasteiger partial charge in [-0.1, -0.05) is 35.9 Å². The highest BCUT2D eigenvalue weighted by Gasteiger charge is 2.07. The molecule has 19 heavy (non-hydrogen) atoms. The number of nitrogen functional groups attached to an aromatic ring is 1. The molecule has 2 N–H and O–H groups in total. The van der Waals surface area contributed by atoms with Crippen LogP contribution in [-0.4, -0.2) is 11.9 Å². The van der Waals surface area contributed by atoms with Crippen LogP contribution in [0.2, 0.25) is 0 Å². The van der Waals surface area contributed by atoms with Crippen LogP contribution in [0.5, 0.6) is 0 Å². The van der Waals surface area contributed by atoms with Gasteiger partial charge in [0, 0.05) is 24.3 Å². The van der Waals surface area contributed by atoms with Crippen molar-refractivity contribution in [1.29, 1.82) is 0 Å². The normalized spacial score (nSPS) is 10.9. The van der Waals surface area contributed by atoms with Crippen molar-refractivity contribution in [3.05, 3.63) is 65.0 Å². The van der Waals surface area contributed by atoms with Crippen LogP contribution in [0.25, 0.3) is 0 Å². The average Bonchev–Trinajstić information content (AvgIpc) is 2.37. The van der Waals surface area contributed by atoms with E-state index >= 15 is 0 Å². The minimum absolute atomic E-state index is 0.161. The van der Waals surface area contributed by atoms with Gasteiger partial charge in [-0.2, -0.15) is 0 Å². The van der Waals surface area contributed by atoms with Crippen molar-refractivity contribution < 1.29 is 4.39 Å². The molecule has 2 aromatic rings. The van der Waals surface area contributed by atoms with Gasteiger partial charge in [0.05, 0.1) is 0 Å². The molecule has 0 heterocycles. The number of nitrogens with two attached hydrogens (primary N) is 1. The molecule has 0 amide bonds. The van der Waals surface area contributed by atoms with Crippen LogP contribution < -0.4 is 5.73 Å². The molecule has 0 aromatic heterocycles. The molecule has 0 bridgehead atoms. The Balaban J connectivity index is 2.07. The van der Waals surface area contributed by atoms with Crippen LogP contribution in [0.3, 0.4) is 0 Å². The molecule has 0 radical (unpaired) electrons. The molecule has 0 spiro atoms. The third-order valence-electron chi connectivity index (χ3n) is 3.14. The molecule has 0 aliphatic carbocycles. The van der Waals surface area contributed by atoms with E-state index in [1.807, 2.05) is 38.2 Å². The molecule has 2 nitrogen and oxygen atoms in total. The number of anilines is 1. The van der Waals surface area contributed by atoms with Crippen molar-refractivity contribution in [2.24, 2.45) is 0 Å². The second kappa shape index (κ2) is 5.85. The van der Waals surface area contributed by atoms with Gasteiger partial charge in [-0.15, -0.1) is 0 Å². The summed E-state index contributed by atoms with van der Waals surface area (Å²) < 4.78 is 13.6. The first-order valence-corrected chi connectivity index (χ1v) is 6.33. The standard InChI is InChI=1S/C16H19FN2/c1-12-7-8-16(18)14(9-12)11-19(2)10-13-5-3-4-6-15(13)17/h3-9H,10-11,18H2,1-2H3. The summed E-state index contributed by atoms with van der Waals surface area (Å²) in [5.74, 6) is -0.161. The summed E-state index contributed by atoms with van der Waals surface area (Å²) in [4.78, 5) is 2.06. The van der Waals surface area contributed by atoms with E-state index in [4.69, 9.17) is 5.73 Å². The summed E-state index contributed by atoms with van der Waals surface area (Å²) in [5, 5.41) is 0. The van der Waals surface area contributed by atoms with Crippen molar-refractivity contribution in [3.8, 4) is 0 Å². The Bertz CT molecular complexity index is 566. The van der Waals surface area contributed by atoms with Gasteiger partial charge in [-0.25, -0.2) is 4.39 Å². The van der Waals surface area contributed by atoms with Crippen molar-refractivity contribution in [2.75, 3.05) is 12.8 Å². The molecule has 0 fully saturated rings. The van der Waals surface area contributed by atoms with Crippen LogP contribution in [0, 0.1) is 12.7 Å².